The van der Waals surface area contributed by atoms with Crippen molar-refractivity contribution in [1.82, 2.24) is 5.48 Å². The van der Waals surface area contributed by atoms with Crippen LogP contribution in [0.5, 0.6) is 0 Å². The molecule has 0 aromatic rings. The minimum atomic E-state index is -3.41. The van der Waals surface area contributed by atoms with Gasteiger partial charge in [0.2, 0.25) is 5.91 Å². The Hall–Kier alpha value is -1.14. The molecule has 1 aliphatic rings. The van der Waals surface area contributed by atoms with Crippen LogP contribution in [0.2, 0.25) is 0 Å². The summed E-state index contributed by atoms with van der Waals surface area (Å²) in [6, 6.07) is 0. The van der Waals surface area contributed by atoms with Crippen LogP contribution in [0.25, 0.3) is 0 Å². The number of carbonyl (C=O) groups excluding carboxylic acids is 1. The zero-order valence-electron chi connectivity index (χ0n) is 7.60. The van der Waals surface area contributed by atoms with Crippen molar-refractivity contribution < 1.29 is 18.4 Å². The van der Waals surface area contributed by atoms with Gasteiger partial charge in [-0.3, -0.25) is 10.0 Å². The number of nitrogens with one attached hydrogen (secondary N) is 1. The van der Waals surface area contributed by atoms with Gasteiger partial charge in [0.1, 0.15) is 0 Å². The summed E-state index contributed by atoms with van der Waals surface area (Å²) < 4.78 is 23.2. The lowest BCUT2D eigenvalue weighted by Crippen LogP contribution is -2.29. The number of hydrogen-bond acceptors (Lipinski definition) is 4. The lowest BCUT2D eigenvalue weighted by Gasteiger charge is -2.15. The molecule has 2 N–H and O–H groups in total. The predicted molar refractivity (Wildman–Crippen MR) is 50.2 cm³/mol. The molecule has 1 unspecified atom stereocenters. The Kier molecular flexibility index (Phi) is 3.07. The molecule has 1 atom stereocenters. The van der Waals surface area contributed by atoms with E-state index in [1.807, 2.05) is 0 Å². The maximum atomic E-state index is 11.6. The summed E-state index contributed by atoms with van der Waals surface area (Å²) in [5.74, 6) is -0.710. The molecule has 0 saturated heterocycles. The van der Waals surface area contributed by atoms with Crippen molar-refractivity contribution in [3.8, 4) is 0 Å². The first-order valence-electron chi connectivity index (χ1n) is 4.00. The van der Waals surface area contributed by atoms with Crippen molar-refractivity contribution >= 4 is 15.7 Å². The van der Waals surface area contributed by atoms with Crippen molar-refractivity contribution in [2.75, 3.05) is 0 Å². The van der Waals surface area contributed by atoms with Crippen LogP contribution in [0.4, 0.5) is 0 Å². The molecular weight excluding hydrogens is 206 g/mol. The molecule has 6 heteroatoms. The summed E-state index contributed by atoms with van der Waals surface area (Å²) in [6.07, 6.45) is 4.23. The number of hydrogen-bond donors (Lipinski definition) is 2. The van der Waals surface area contributed by atoms with E-state index in [-0.39, 0.29) is 11.3 Å². The lowest BCUT2D eigenvalue weighted by atomic mass is 10.2. The van der Waals surface area contributed by atoms with E-state index < -0.39 is 21.0 Å². The van der Waals surface area contributed by atoms with E-state index in [1.165, 1.54) is 24.6 Å². The van der Waals surface area contributed by atoms with E-state index >= 15 is 0 Å². The zero-order valence-corrected chi connectivity index (χ0v) is 8.41. The summed E-state index contributed by atoms with van der Waals surface area (Å²) >= 11 is 0. The third-order valence-corrected chi connectivity index (χ3v) is 4.17. The zero-order chi connectivity index (χ0) is 10.8. The Labute approximate surface area is 82.0 Å². The van der Waals surface area contributed by atoms with E-state index in [9.17, 15) is 13.2 Å². The standard InChI is InChI=1S/C8H11NO4S/c1-6-3-2-4-7(14(6,12)13)5-8(10)9-11/h2-4,7,11H,5H2,1H3,(H,9,10). The smallest absolute Gasteiger partial charge is 0.244 e. The average molecular weight is 217 g/mol. The normalized spacial score (nSPS) is 24.1. The molecule has 0 aliphatic carbocycles. The van der Waals surface area contributed by atoms with Crippen LogP contribution in [-0.2, 0) is 14.6 Å². The predicted octanol–water partition coefficient (Wildman–Crippen LogP) is 0.139. The van der Waals surface area contributed by atoms with Gasteiger partial charge in [-0.15, -0.1) is 0 Å². The summed E-state index contributed by atoms with van der Waals surface area (Å²) in [6.45, 7) is 1.47. The molecule has 1 rings (SSSR count). The second-order valence-corrected chi connectivity index (χ2v) is 5.32. The van der Waals surface area contributed by atoms with Gasteiger partial charge in [-0.1, -0.05) is 12.2 Å². The summed E-state index contributed by atoms with van der Waals surface area (Å²) in [5, 5.41) is 7.39. The summed E-state index contributed by atoms with van der Waals surface area (Å²) in [4.78, 5) is 11.0. The van der Waals surface area contributed by atoms with Gasteiger partial charge in [0.05, 0.1) is 5.25 Å². The quantitative estimate of drug-likeness (QED) is 0.509. The van der Waals surface area contributed by atoms with E-state index in [0.717, 1.165) is 0 Å². The second-order valence-electron chi connectivity index (χ2n) is 2.98. The van der Waals surface area contributed by atoms with Crippen LogP contribution in [0, 0.1) is 0 Å². The Morgan fingerprint density at radius 3 is 2.86 bits per heavy atom. The molecule has 1 amide bonds. The van der Waals surface area contributed by atoms with Gasteiger partial charge >= 0.3 is 0 Å². The number of rotatable bonds is 2. The van der Waals surface area contributed by atoms with Crippen molar-refractivity contribution in [2.45, 2.75) is 18.6 Å². The van der Waals surface area contributed by atoms with Crippen molar-refractivity contribution in [2.24, 2.45) is 0 Å². The van der Waals surface area contributed by atoms with Crippen LogP contribution in [-0.4, -0.2) is 24.8 Å². The largest absolute Gasteiger partial charge is 0.289 e. The Morgan fingerprint density at radius 1 is 1.64 bits per heavy atom. The van der Waals surface area contributed by atoms with Crippen molar-refractivity contribution in [3.05, 3.63) is 23.1 Å². The van der Waals surface area contributed by atoms with Crippen LogP contribution >= 0.6 is 0 Å². The van der Waals surface area contributed by atoms with Gasteiger partial charge in [-0.05, 0) is 13.0 Å². The van der Waals surface area contributed by atoms with E-state index in [0.29, 0.717) is 0 Å². The Morgan fingerprint density at radius 2 is 2.29 bits per heavy atom. The van der Waals surface area contributed by atoms with Crippen LogP contribution < -0.4 is 5.48 Å². The fraction of sp³-hybridized carbons (Fsp3) is 0.375. The van der Waals surface area contributed by atoms with Gasteiger partial charge in [0.15, 0.2) is 9.84 Å². The molecule has 0 aromatic carbocycles. The van der Waals surface area contributed by atoms with Crippen molar-refractivity contribution in [1.29, 1.82) is 0 Å². The van der Waals surface area contributed by atoms with Crippen LogP contribution in [0.1, 0.15) is 13.3 Å². The van der Waals surface area contributed by atoms with Crippen LogP contribution in [0.3, 0.4) is 0 Å². The molecular formula is C8H11NO4S. The molecule has 1 heterocycles. The second kappa shape index (κ2) is 3.93. The van der Waals surface area contributed by atoms with Gasteiger partial charge < -0.3 is 0 Å². The lowest BCUT2D eigenvalue weighted by molar-refractivity contribution is -0.129. The maximum absolute atomic E-state index is 11.6. The van der Waals surface area contributed by atoms with Gasteiger partial charge in [-0.2, -0.15) is 0 Å². The first-order valence-corrected chi connectivity index (χ1v) is 5.55. The van der Waals surface area contributed by atoms with E-state index in [2.05, 4.69) is 0 Å². The van der Waals surface area contributed by atoms with Gasteiger partial charge in [0.25, 0.3) is 0 Å². The van der Waals surface area contributed by atoms with Gasteiger partial charge in [0, 0.05) is 11.3 Å². The number of amides is 1. The highest BCUT2D eigenvalue weighted by Crippen LogP contribution is 2.21. The molecule has 0 fully saturated rings. The topological polar surface area (TPSA) is 83.5 Å². The monoisotopic (exact) mass is 217 g/mol. The minimum absolute atomic E-state index is 0.232. The van der Waals surface area contributed by atoms with Gasteiger partial charge in [-0.25, -0.2) is 13.9 Å². The minimum Gasteiger partial charge on any atom is -0.289 e. The first kappa shape index (κ1) is 10.9. The molecule has 1 aliphatic heterocycles. The summed E-state index contributed by atoms with van der Waals surface area (Å²) in [7, 11) is -3.41. The number of sulfone groups is 1. The molecule has 14 heavy (non-hydrogen) atoms. The molecule has 0 aromatic heterocycles. The highest BCUT2D eigenvalue weighted by atomic mass is 32.2. The fourth-order valence-corrected chi connectivity index (χ4v) is 2.57. The Balaban J connectivity index is 2.88. The molecule has 0 bridgehead atoms. The van der Waals surface area contributed by atoms with Crippen LogP contribution in [0.15, 0.2) is 23.1 Å². The van der Waals surface area contributed by atoms with E-state index in [4.69, 9.17) is 5.21 Å². The fourth-order valence-electron chi connectivity index (χ4n) is 1.16. The summed E-state index contributed by atoms with van der Waals surface area (Å²) in [5.41, 5.74) is 1.41. The average Bonchev–Trinajstić information content (AvgIpc) is 2.13. The third kappa shape index (κ3) is 2.02. The molecule has 0 spiro atoms. The molecule has 0 radical (unpaired) electrons. The van der Waals surface area contributed by atoms with E-state index in [1.54, 1.807) is 6.08 Å². The molecule has 5 nitrogen and oxygen atoms in total. The Bertz CT molecular complexity index is 394. The number of carbonyl (C=O) groups is 1. The van der Waals surface area contributed by atoms with Crippen molar-refractivity contribution in [3.63, 3.8) is 0 Å². The maximum Gasteiger partial charge on any atom is 0.244 e. The number of allylic oxidation sites excluding steroid dienone is 3. The SMILES string of the molecule is CC1=CC=CC(CC(=O)NO)S1(=O)=O. The number of hydroxylamine groups is 1. The third-order valence-electron chi connectivity index (χ3n) is 2.02. The first-order chi connectivity index (χ1) is 6.48. The highest BCUT2D eigenvalue weighted by Gasteiger charge is 2.28. The molecule has 78 valence electrons. The molecule has 0 saturated carbocycles. The highest BCUT2D eigenvalue weighted by molar-refractivity contribution is 7.96.